The Labute approximate surface area is 105 Å². The van der Waals surface area contributed by atoms with Gasteiger partial charge in [-0.15, -0.1) is 0 Å². The summed E-state index contributed by atoms with van der Waals surface area (Å²) in [7, 11) is 0. The lowest BCUT2D eigenvalue weighted by molar-refractivity contribution is -0.125. The second kappa shape index (κ2) is 5.83. The minimum absolute atomic E-state index is 0.0135. The highest BCUT2D eigenvalue weighted by Crippen LogP contribution is 2.18. The highest BCUT2D eigenvalue weighted by molar-refractivity contribution is 5.82. The first-order valence-corrected chi connectivity index (χ1v) is 6.63. The van der Waals surface area contributed by atoms with Crippen LogP contribution >= 0.6 is 0 Å². The molecule has 100 valence electrons. The van der Waals surface area contributed by atoms with Crippen LogP contribution in [0.5, 0.6) is 0 Å². The number of rotatable bonds is 3. The minimum atomic E-state index is -0.431. The fourth-order valence-electron chi connectivity index (χ4n) is 2.14. The minimum Gasteiger partial charge on any atom is -0.351 e. The van der Waals surface area contributed by atoms with Gasteiger partial charge in [-0.25, -0.2) is 0 Å². The summed E-state index contributed by atoms with van der Waals surface area (Å²) in [6, 6.07) is -0.163. The summed E-state index contributed by atoms with van der Waals surface area (Å²) in [5, 5.41) is 3.08. The van der Waals surface area contributed by atoms with Crippen LogP contribution in [-0.4, -0.2) is 42.5 Å². The molecule has 1 heterocycles. The van der Waals surface area contributed by atoms with Gasteiger partial charge in [0.25, 0.3) is 0 Å². The number of nitrogens with zero attached hydrogens (tertiary/aromatic N) is 1. The maximum Gasteiger partial charge on any atom is 0.237 e. The van der Waals surface area contributed by atoms with Gasteiger partial charge in [0, 0.05) is 12.6 Å². The molecule has 0 aliphatic carbocycles. The number of likely N-dealkylation sites (N-methyl/N-ethyl adjacent to an activating group) is 1. The largest absolute Gasteiger partial charge is 0.351 e. The van der Waals surface area contributed by atoms with Gasteiger partial charge in [-0.1, -0.05) is 27.7 Å². The number of amides is 1. The summed E-state index contributed by atoms with van der Waals surface area (Å²) in [6.07, 6.45) is 2.22. The van der Waals surface area contributed by atoms with Crippen molar-refractivity contribution in [3.63, 3.8) is 0 Å². The Bertz CT molecular complexity index is 260. The Kier molecular flexibility index (Phi) is 4.95. The lowest BCUT2D eigenvalue weighted by atomic mass is 9.86. The van der Waals surface area contributed by atoms with Crippen LogP contribution in [0.2, 0.25) is 0 Å². The number of hydrogen-bond donors (Lipinski definition) is 2. The number of likely N-dealkylation sites (tertiary alicyclic amines) is 1. The Morgan fingerprint density at radius 2 is 2.18 bits per heavy atom. The van der Waals surface area contributed by atoms with Crippen LogP contribution in [0.4, 0.5) is 0 Å². The predicted molar refractivity (Wildman–Crippen MR) is 70.7 cm³/mol. The van der Waals surface area contributed by atoms with E-state index in [1.54, 1.807) is 0 Å². The second-order valence-corrected chi connectivity index (χ2v) is 6.08. The highest BCUT2D eigenvalue weighted by atomic mass is 16.2. The number of hydrogen-bond acceptors (Lipinski definition) is 3. The second-order valence-electron chi connectivity index (χ2n) is 6.08. The van der Waals surface area contributed by atoms with Gasteiger partial charge in [-0.3, -0.25) is 4.79 Å². The number of carbonyl (C=O) groups is 1. The van der Waals surface area contributed by atoms with Gasteiger partial charge < -0.3 is 16.0 Å². The van der Waals surface area contributed by atoms with E-state index in [9.17, 15) is 4.79 Å². The van der Waals surface area contributed by atoms with Crippen LogP contribution < -0.4 is 11.1 Å². The Morgan fingerprint density at radius 1 is 1.53 bits per heavy atom. The van der Waals surface area contributed by atoms with Gasteiger partial charge in [-0.05, 0) is 31.3 Å². The molecular formula is C13H27N3O. The summed E-state index contributed by atoms with van der Waals surface area (Å²) in [5.41, 5.74) is 5.78. The first kappa shape index (κ1) is 14.5. The maximum absolute atomic E-state index is 12.0. The van der Waals surface area contributed by atoms with Crippen molar-refractivity contribution in [2.24, 2.45) is 11.1 Å². The summed E-state index contributed by atoms with van der Waals surface area (Å²) in [6.45, 7) is 11.3. The van der Waals surface area contributed by atoms with Crippen LogP contribution in [0.15, 0.2) is 0 Å². The van der Waals surface area contributed by atoms with Crippen LogP contribution in [0.25, 0.3) is 0 Å². The molecular weight excluding hydrogens is 214 g/mol. The maximum atomic E-state index is 12.0. The zero-order chi connectivity index (χ0) is 13.1. The smallest absolute Gasteiger partial charge is 0.237 e. The van der Waals surface area contributed by atoms with Crippen molar-refractivity contribution in [3.8, 4) is 0 Å². The molecule has 0 bridgehead atoms. The third kappa shape index (κ3) is 4.28. The van der Waals surface area contributed by atoms with E-state index in [-0.39, 0.29) is 17.4 Å². The van der Waals surface area contributed by atoms with E-state index in [0.29, 0.717) is 0 Å². The monoisotopic (exact) mass is 241 g/mol. The van der Waals surface area contributed by atoms with Gasteiger partial charge in [0.1, 0.15) is 0 Å². The van der Waals surface area contributed by atoms with E-state index in [1.165, 1.54) is 0 Å². The Balaban J connectivity index is 2.46. The lowest BCUT2D eigenvalue weighted by Gasteiger charge is -2.34. The molecule has 17 heavy (non-hydrogen) atoms. The number of nitrogens with one attached hydrogen (secondary N) is 1. The SMILES string of the molecule is CCN1CCCC(NC(=O)C(N)C(C)(C)C)C1. The molecule has 0 aromatic rings. The van der Waals surface area contributed by atoms with Crippen LogP contribution in [0.1, 0.15) is 40.5 Å². The summed E-state index contributed by atoms with van der Waals surface area (Å²) < 4.78 is 0. The first-order valence-electron chi connectivity index (χ1n) is 6.63. The van der Waals surface area contributed by atoms with Crippen molar-refractivity contribution >= 4 is 5.91 Å². The molecule has 2 atom stereocenters. The van der Waals surface area contributed by atoms with Crippen LogP contribution in [-0.2, 0) is 4.79 Å². The zero-order valence-electron chi connectivity index (χ0n) is 11.6. The van der Waals surface area contributed by atoms with Crippen molar-refractivity contribution in [2.75, 3.05) is 19.6 Å². The number of piperidine rings is 1. The third-order valence-corrected chi connectivity index (χ3v) is 3.51. The zero-order valence-corrected chi connectivity index (χ0v) is 11.6. The van der Waals surface area contributed by atoms with E-state index in [2.05, 4.69) is 17.1 Å². The molecule has 1 fully saturated rings. The molecule has 0 spiro atoms. The quantitative estimate of drug-likeness (QED) is 0.774. The van der Waals surface area contributed by atoms with E-state index in [1.807, 2.05) is 20.8 Å². The molecule has 4 heteroatoms. The average molecular weight is 241 g/mol. The molecule has 1 saturated heterocycles. The topological polar surface area (TPSA) is 58.4 Å². The van der Waals surface area contributed by atoms with Crippen LogP contribution in [0, 0.1) is 5.41 Å². The lowest BCUT2D eigenvalue weighted by Crippen LogP contribution is -2.55. The Hall–Kier alpha value is -0.610. The molecule has 0 aromatic carbocycles. The molecule has 1 amide bonds. The van der Waals surface area contributed by atoms with E-state index < -0.39 is 6.04 Å². The number of nitrogens with two attached hydrogens (primary N) is 1. The van der Waals surface area contributed by atoms with E-state index in [4.69, 9.17) is 5.73 Å². The molecule has 4 nitrogen and oxygen atoms in total. The number of carbonyl (C=O) groups excluding carboxylic acids is 1. The van der Waals surface area contributed by atoms with Gasteiger partial charge in [0.05, 0.1) is 6.04 Å². The molecule has 1 rings (SSSR count). The van der Waals surface area contributed by atoms with Gasteiger partial charge in [-0.2, -0.15) is 0 Å². The normalized spacial score (nSPS) is 24.4. The average Bonchev–Trinajstić information content (AvgIpc) is 2.27. The van der Waals surface area contributed by atoms with E-state index in [0.717, 1.165) is 32.5 Å². The van der Waals surface area contributed by atoms with Crippen molar-refractivity contribution < 1.29 is 4.79 Å². The molecule has 1 aliphatic rings. The van der Waals surface area contributed by atoms with Crippen LogP contribution in [0.3, 0.4) is 0 Å². The fourth-order valence-corrected chi connectivity index (χ4v) is 2.14. The van der Waals surface area contributed by atoms with Gasteiger partial charge >= 0.3 is 0 Å². The predicted octanol–water partition coefficient (Wildman–Crippen LogP) is 0.960. The Morgan fingerprint density at radius 3 is 2.71 bits per heavy atom. The van der Waals surface area contributed by atoms with Crippen molar-refractivity contribution in [2.45, 2.75) is 52.6 Å². The van der Waals surface area contributed by atoms with Gasteiger partial charge in [0.2, 0.25) is 5.91 Å². The third-order valence-electron chi connectivity index (χ3n) is 3.51. The summed E-state index contributed by atoms with van der Waals surface area (Å²) >= 11 is 0. The highest BCUT2D eigenvalue weighted by Gasteiger charge is 2.29. The van der Waals surface area contributed by atoms with Crippen molar-refractivity contribution in [1.29, 1.82) is 0 Å². The van der Waals surface area contributed by atoms with Crippen molar-refractivity contribution in [3.05, 3.63) is 0 Å². The van der Waals surface area contributed by atoms with Gasteiger partial charge in [0.15, 0.2) is 0 Å². The standard InChI is InChI=1S/C13H27N3O/c1-5-16-8-6-7-10(9-16)15-12(17)11(14)13(2,3)4/h10-11H,5-9,14H2,1-4H3,(H,15,17). The molecule has 3 N–H and O–H groups in total. The summed E-state index contributed by atoms with van der Waals surface area (Å²) in [5.74, 6) is -0.0135. The molecule has 0 aromatic heterocycles. The molecule has 1 aliphatic heterocycles. The van der Waals surface area contributed by atoms with Crippen molar-refractivity contribution in [1.82, 2.24) is 10.2 Å². The molecule has 2 unspecified atom stereocenters. The fraction of sp³-hybridized carbons (Fsp3) is 0.923. The molecule has 0 saturated carbocycles. The van der Waals surface area contributed by atoms with E-state index >= 15 is 0 Å². The first-order chi connectivity index (χ1) is 7.84. The molecule has 0 radical (unpaired) electrons. The summed E-state index contributed by atoms with van der Waals surface area (Å²) in [4.78, 5) is 14.4.